The Morgan fingerprint density at radius 2 is 1.65 bits per heavy atom. The van der Waals surface area contributed by atoms with Gasteiger partial charge in [-0.3, -0.25) is 4.79 Å². The van der Waals surface area contributed by atoms with E-state index in [0.717, 1.165) is 23.2 Å². The summed E-state index contributed by atoms with van der Waals surface area (Å²) in [6, 6.07) is 22.1. The first-order valence-corrected chi connectivity index (χ1v) is 7.86. The summed E-state index contributed by atoms with van der Waals surface area (Å²) in [5.74, 6) is -0.0498. The van der Waals surface area contributed by atoms with Gasteiger partial charge >= 0.3 is 0 Å². The molecule has 0 atom stereocenters. The van der Waals surface area contributed by atoms with E-state index in [1.165, 1.54) is 10.9 Å². The van der Waals surface area contributed by atoms with E-state index in [4.69, 9.17) is 0 Å². The fraction of sp³-hybridized carbons (Fsp3) is 0.150. The van der Waals surface area contributed by atoms with E-state index < -0.39 is 0 Å². The smallest absolute Gasteiger partial charge is 0.243 e. The molecule has 3 aromatic carbocycles. The van der Waals surface area contributed by atoms with Crippen LogP contribution in [0.1, 0.15) is 12.5 Å². The maximum absolute atomic E-state index is 12.1. The lowest BCUT2D eigenvalue weighted by atomic mass is 10.1. The Bertz CT molecular complexity index is 826. The number of fused-ring (bicyclic) bond motifs is 1. The van der Waals surface area contributed by atoms with Gasteiger partial charge in [0.2, 0.25) is 5.91 Å². The summed E-state index contributed by atoms with van der Waals surface area (Å²) in [7, 11) is 0. The molecule has 3 aromatic rings. The summed E-state index contributed by atoms with van der Waals surface area (Å²) < 4.78 is 0. The molecule has 0 radical (unpaired) electrons. The van der Waals surface area contributed by atoms with Crippen LogP contribution >= 0.6 is 0 Å². The molecule has 0 heterocycles. The molecule has 0 spiro atoms. The summed E-state index contributed by atoms with van der Waals surface area (Å²) in [5, 5.41) is 8.44. The van der Waals surface area contributed by atoms with Gasteiger partial charge in [0.05, 0.1) is 6.54 Å². The predicted octanol–water partition coefficient (Wildman–Crippen LogP) is 4.45. The summed E-state index contributed by atoms with van der Waals surface area (Å²) in [6.07, 6.45) is 0.940. The summed E-state index contributed by atoms with van der Waals surface area (Å²) in [6.45, 7) is 2.36. The van der Waals surface area contributed by atoms with Gasteiger partial charge in [-0.05, 0) is 41.0 Å². The van der Waals surface area contributed by atoms with Gasteiger partial charge in [-0.25, -0.2) is 0 Å². The number of hydrogen-bond donors (Lipinski definition) is 2. The zero-order valence-corrected chi connectivity index (χ0v) is 13.2. The molecule has 0 bridgehead atoms. The lowest BCUT2D eigenvalue weighted by Gasteiger charge is -2.11. The molecular formula is C20H20N2O. The average molecular weight is 304 g/mol. The fourth-order valence-corrected chi connectivity index (χ4v) is 2.65. The fourth-order valence-electron chi connectivity index (χ4n) is 2.65. The molecule has 0 saturated heterocycles. The van der Waals surface area contributed by atoms with Gasteiger partial charge in [0.25, 0.3) is 0 Å². The Kier molecular flexibility index (Phi) is 4.57. The second kappa shape index (κ2) is 6.97. The highest BCUT2D eigenvalue weighted by Gasteiger charge is 2.05. The number of hydrogen-bond acceptors (Lipinski definition) is 2. The molecule has 116 valence electrons. The van der Waals surface area contributed by atoms with Gasteiger partial charge in [-0.2, -0.15) is 0 Å². The molecule has 0 unspecified atom stereocenters. The number of amides is 1. The first-order chi connectivity index (χ1) is 11.3. The van der Waals surface area contributed by atoms with E-state index in [1.54, 1.807) is 0 Å². The predicted molar refractivity (Wildman–Crippen MR) is 96.9 cm³/mol. The van der Waals surface area contributed by atoms with Crippen LogP contribution in [0.15, 0.2) is 66.7 Å². The van der Waals surface area contributed by atoms with Gasteiger partial charge in [0.1, 0.15) is 0 Å². The van der Waals surface area contributed by atoms with Crippen molar-refractivity contribution in [2.24, 2.45) is 0 Å². The third kappa shape index (κ3) is 3.69. The van der Waals surface area contributed by atoms with E-state index in [0.29, 0.717) is 0 Å². The third-order valence-electron chi connectivity index (χ3n) is 3.87. The maximum atomic E-state index is 12.1. The quantitative estimate of drug-likeness (QED) is 0.731. The molecule has 0 aliphatic carbocycles. The van der Waals surface area contributed by atoms with Crippen LogP contribution in [0, 0.1) is 0 Å². The van der Waals surface area contributed by atoms with Crippen LogP contribution in [0.5, 0.6) is 0 Å². The Balaban J connectivity index is 1.64. The number of nitrogens with one attached hydrogen (secondary N) is 2. The zero-order valence-electron chi connectivity index (χ0n) is 13.2. The molecule has 0 saturated carbocycles. The molecule has 3 rings (SSSR count). The number of anilines is 2. The van der Waals surface area contributed by atoms with Crippen molar-refractivity contribution >= 4 is 28.1 Å². The Hall–Kier alpha value is -2.81. The van der Waals surface area contributed by atoms with Crippen LogP contribution in [0.3, 0.4) is 0 Å². The van der Waals surface area contributed by atoms with Gasteiger partial charge in [-0.1, -0.05) is 55.5 Å². The van der Waals surface area contributed by atoms with Crippen LogP contribution in [-0.2, 0) is 11.2 Å². The molecule has 3 heteroatoms. The number of benzene rings is 3. The molecule has 23 heavy (non-hydrogen) atoms. The summed E-state index contributed by atoms with van der Waals surface area (Å²) in [4.78, 5) is 12.1. The van der Waals surface area contributed by atoms with Crippen molar-refractivity contribution in [3.05, 3.63) is 72.3 Å². The van der Waals surface area contributed by atoms with Crippen LogP contribution in [0.25, 0.3) is 10.8 Å². The van der Waals surface area contributed by atoms with Crippen LogP contribution in [0.4, 0.5) is 11.4 Å². The second-order valence-corrected chi connectivity index (χ2v) is 5.47. The highest BCUT2D eigenvalue weighted by atomic mass is 16.1. The molecule has 1 amide bonds. The SMILES string of the molecule is CCc1ccccc1NCC(=O)Nc1ccc2ccccc2c1. The summed E-state index contributed by atoms with van der Waals surface area (Å²) in [5.41, 5.74) is 3.05. The van der Waals surface area contributed by atoms with E-state index in [2.05, 4.69) is 29.7 Å². The number of para-hydroxylation sites is 1. The topological polar surface area (TPSA) is 41.1 Å². The third-order valence-corrected chi connectivity index (χ3v) is 3.87. The lowest BCUT2D eigenvalue weighted by Crippen LogP contribution is -2.22. The van der Waals surface area contributed by atoms with Gasteiger partial charge in [0, 0.05) is 11.4 Å². The van der Waals surface area contributed by atoms with Crippen molar-refractivity contribution in [1.82, 2.24) is 0 Å². The van der Waals surface area contributed by atoms with Crippen LogP contribution < -0.4 is 10.6 Å². The first kappa shape index (κ1) is 15.1. The monoisotopic (exact) mass is 304 g/mol. The standard InChI is InChI=1S/C20H20N2O/c1-2-15-7-5-6-10-19(15)21-14-20(23)22-18-12-11-16-8-3-4-9-17(16)13-18/h3-13,21H,2,14H2,1H3,(H,22,23). The van der Waals surface area contributed by atoms with Crippen molar-refractivity contribution < 1.29 is 4.79 Å². The van der Waals surface area contributed by atoms with Crippen LogP contribution in [0.2, 0.25) is 0 Å². The lowest BCUT2D eigenvalue weighted by molar-refractivity contribution is -0.114. The Labute approximate surface area is 136 Å². The van der Waals surface area contributed by atoms with Crippen molar-refractivity contribution in [2.45, 2.75) is 13.3 Å². The van der Waals surface area contributed by atoms with Gasteiger partial charge in [0.15, 0.2) is 0 Å². The number of carbonyl (C=O) groups excluding carboxylic acids is 1. The molecule has 0 fully saturated rings. The molecule has 0 aromatic heterocycles. The van der Waals surface area contributed by atoms with Gasteiger partial charge in [-0.15, -0.1) is 0 Å². The highest BCUT2D eigenvalue weighted by molar-refractivity contribution is 5.96. The zero-order chi connectivity index (χ0) is 16.1. The molecule has 0 aliphatic heterocycles. The van der Waals surface area contributed by atoms with E-state index >= 15 is 0 Å². The Morgan fingerprint density at radius 1 is 0.913 bits per heavy atom. The summed E-state index contributed by atoms with van der Waals surface area (Å²) >= 11 is 0. The average Bonchev–Trinajstić information content (AvgIpc) is 2.60. The first-order valence-electron chi connectivity index (χ1n) is 7.86. The molecule has 3 nitrogen and oxygen atoms in total. The maximum Gasteiger partial charge on any atom is 0.243 e. The van der Waals surface area contributed by atoms with Crippen molar-refractivity contribution in [3.63, 3.8) is 0 Å². The van der Waals surface area contributed by atoms with E-state index in [1.807, 2.05) is 54.6 Å². The molecular weight excluding hydrogens is 284 g/mol. The number of carbonyl (C=O) groups is 1. The van der Waals surface area contributed by atoms with Crippen molar-refractivity contribution in [2.75, 3.05) is 17.2 Å². The minimum atomic E-state index is -0.0498. The van der Waals surface area contributed by atoms with Crippen LogP contribution in [-0.4, -0.2) is 12.5 Å². The largest absolute Gasteiger partial charge is 0.376 e. The van der Waals surface area contributed by atoms with E-state index in [-0.39, 0.29) is 12.5 Å². The highest BCUT2D eigenvalue weighted by Crippen LogP contribution is 2.19. The minimum Gasteiger partial charge on any atom is -0.376 e. The normalized spacial score (nSPS) is 10.5. The molecule has 2 N–H and O–H groups in total. The van der Waals surface area contributed by atoms with E-state index in [9.17, 15) is 4.79 Å². The van der Waals surface area contributed by atoms with Gasteiger partial charge < -0.3 is 10.6 Å². The minimum absolute atomic E-state index is 0.0498. The molecule has 0 aliphatic rings. The van der Waals surface area contributed by atoms with Crippen molar-refractivity contribution in [1.29, 1.82) is 0 Å². The number of aryl methyl sites for hydroxylation is 1. The second-order valence-electron chi connectivity index (χ2n) is 5.47. The van der Waals surface area contributed by atoms with Crippen molar-refractivity contribution in [3.8, 4) is 0 Å². The Morgan fingerprint density at radius 3 is 2.48 bits per heavy atom. The number of rotatable bonds is 5.